The summed E-state index contributed by atoms with van der Waals surface area (Å²) in [6.07, 6.45) is 2.75. The van der Waals surface area contributed by atoms with Crippen molar-refractivity contribution in [3.8, 4) is 34.5 Å². The molecule has 15 nitrogen and oxygen atoms in total. The Bertz CT molecular complexity index is 4730. The van der Waals surface area contributed by atoms with Gasteiger partial charge in [-0.15, -0.1) is 0 Å². The van der Waals surface area contributed by atoms with E-state index < -0.39 is 40.1 Å². The summed E-state index contributed by atoms with van der Waals surface area (Å²) in [7, 11) is 0. The third-order valence-electron chi connectivity index (χ3n) is 19.5. The van der Waals surface area contributed by atoms with Gasteiger partial charge in [-0.05, 0) is 103 Å². The number of para-hydroxylation sites is 6. The van der Waals surface area contributed by atoms with Crippen molar-refractivity contribution in [2.24, 2.45) is 0 Å². The van der Waals surface area contributed by atoms with Crippen molar-refractivity contribution in [3.63, 3.8) is 0 Å². The molecule has 0 saturated carbocycles. The van der Waals surface area contributed by atoms with E-state index in [1.165, 1.54) is 0 Å². The predicted octanol–water partition coefficient (Wildman–Crippen LogP) is 15.5. The first-order chi connectivity index (χ1) is 46.1. The maximum Gasteiger partial charge on any atom is 0.340 e. The summed E-state index contributed by atoms with van der Waals surface area (Å²) in [4.78, 5) is 75.6. The average molecular weight is 1230 g/mol. The van der Waals surface area contributed by atoms with Crippen LogP contribution in [-0.4, -0.2) is 45.3 Å². The van der Waals surface area contributed by atoms with E-state index in [1.54, 1.807) is 30.5 Å². The van der Waals surface area contributed by atoms with E-state index >= 15 is 14.4 Å². The van der Waals surface area contributed by atoms with Gasteiger partial charge in [0.2, 0.25) is 5.95 Å². The van der Waals surface area contributed by atoms with Gasteiger partial charge in [-0.25, -0.2) is 19.4 Å². The highest BCUT2D eigenvalue weighted by atomic mass is 16.6. The van der Waals surface area contributed by atoms with E-state index in [2.05, 4.69) is 15.6 Å². The molecule has 0 radical (unpaired) electrons. The van der Waals surface area contributed by atoms with Crippen molar-refractivity contribution < 1.29 is 47.6 Å². The lowest BCUT2D eigenvalue weighted by molar-refractivity contribution is 0.0214. The Balaban J connectivity index is 0.941. The van der Waals surface area contributed by atoms with Gasteiger partial charge in [0.1, 0.15) is 40.1 Å². The Kier molecular flexibility index (Phi) is 11.9. The van der Waals surface area contributed by atoms with Gasteiger partial charge < -0.3 is 44.0 Å². The van der Waals surface area contributed by atoms with Crippen LogP contribution in [-0.2, 0) is 42.8 Å². The van der Waals surface area contributed by atoms with Gasteiger partial charge in [0.05, 0.1) is 22.4 Å². The minimum Gasteiger partial charge on any atom is -0.456 e. The number of aryl methyl sites for hydroxylation is 1. The number of amides is 1. The normalized spacial score (nSPS) is 15.5. The zero-order valence-electron chi connectivity index (χ0n) is 50.3. The Morgan fingerprint density at radius 1 is 0.447 bits per heavy atom. The van der Waals surface area contributed by atoms with Crippen LogP contribution in [0.25, 0.3) is 11.0 Å². The number of nitrogens with zero attached hydrogens (tertiary/aromatic N) is 2. The van der Waals surface area contributed by atoms with Crippen LogP contribution in [0.3, 0.4) is 0 Å². The molecule has 0 atom stereocenters. The average Bonchev–Trinajstić information content (AvgIpc) is 1.48. The molecule has 0 saturated heterocycles. The van der Waals surface area contributed by atoms with Gasteiger partial charge in [0.15, 0.2) is 16.8 Å². The Morgan fingerprint density at radius 3 is 1.20 bits per heavy atom. The summed E-state index contributed by atoms with van der Waals surface area (Å²) in [5.74, 6) is 1.19. The number of esters is 3. The second-order valence-corrected chi connectivity index (χ2v) is 24.3. The predicted molar refractivity (Wildman–Crippen MR) is 349 cm³/mol. The summed E-state index contributed by atoms with van der Waals surface area (Å²) in [5.41, 5.74) is 3.05. The maximum atomic E-state index is 16.3. The number of anilines is 2. The molecular formula is C79H53N5O10. The van der Waals surface area contributed by atoms with Gasteiger partial charge in [-0.1, -0.05) is 171 Å². The first kappa shape index (κ1) is 54.8. The topological polar surface area (TPSA) is 189 Å². The standard InChI is InChI=1S/C79H53N5O10/c1-2-43-81-71(85)45-36-38-46(39-37-45)82-75-83-60(47-41-44-80-70(47)84-75)40-42-76(54-24-15-27-57-67(54)72(86)92-77(57)48-18-3-9-30-61(48)89-62-31-10-4-19-49(62)77,55-25-16-28-58-68(55)73(87)93-78(58)50-20-5-11-32-63(50)90-64-33-12-6-21-51(64)78)56-26-17-29-59-69(56)74(88)94-79(59)52-22-7-13-34-65(52)91-66-35-14-8-23-53(66)79/h3-39,41,44H,2,40,42-43H2,1H3,(H,81,85)(H2,80,82,83,84). The van der Waals surface area contributed by atoms with Crippen LogP contribution in [0.1, 0.15) is 134 Å². The summed E-state index contributed by atoms with van der Waals surface area (Å²) in [5, 5.41) is 7.05. The van der Waals surface area contributed by atoms with Crippen molar-refractivity contribution in [1.29, 1.82) is 0 Å². The SMILES string of the molecule is CCCNC(=O)c1ccc(Nc2nc(CCC(c3cccc4c3C(=O)OC43c4ccccc4Oc4ccccc43)(c3cccc4c3C(=O)OC43c4ccccc4Oc4ccccc43)c3cccc4c3C(=O)OC43c4ccccc4Oc4ccccc43)c3cc[nH]c3n2)cc1. The van der Waals surface area contributed by atoms with Crippen molar-refractivity contribution in [2.45, 2.75) is 48.4 Å². The molecule has 18 rings (SSSR count). The van der Waals surface area contributed by atoms with Crippen molar-refractivity contribution >= 4 is 46.5 Å². The number of rotatable bonds is 11. The highest BCUT2D eigenvalue weighted by Gasteiger charge is 2.61. The lowest BCUT2D eigenvalue weighted by Crippen LogP contribution is -2.36. The molecule has 3 N–H and O–H groups in total. The zero-order chi connectivity index (χ0) is 63.1. The molecule has 12 aromatic rings. The quantitative estimate of drug-likeness (QED) is 0.0631. The molecule has 15 heteroatoms. The summed E-state index contributed by atoms with van der Waals surface area (Å²) in [6, 6.07) is 71.7. The highest BCUT2D eigenvalue weighted by Crippen LogP contribution is 2.64. The molecule has 10 aromatic carbocycles. The first-order valence-corrected chi connectivity index (χ1v) is 31.4. The van der Waals surface area contributed by atoms with Crippen LogP contribution in [0.15, 0.2) is 237 Å². The molecule has 6 aliphatic rings. The molecule has 2 aromatic heterocycles. The molecule has 8 heterocycles. The lowest BCUT2D eigenvalue weighted by atomic mass is 9.60. The smallest absolute Gasteiger partial charge is 0.340 e. The number of hydrogen-bond acceptors (Lipinski definition) is 13. The van der Waals surface area contributed by atoms with Gasteiger partial charge in [-0.2, -0.15) is 4.98 Å². The lowest BCUT2D eigenvalue weighted by Gasteiger charge is -2.40. The van der Waals surface area contributed by atoms with E-state index in [9.17, 15) is 4.79 Å². The van der Waals surface area contributed by atoms with E-state index in [0.717, 1.165) is 6.42 Å². The first-order valence-electron chi connectivity index (χ1n) is 31.4. The third-order valence-corrected chi connectivity index (χ3v) is 19.5. The number of carbonyl (C=O) groups is 4. The number of benzene rings is 10. The van der Waals surface area contributed by atoms with Crippen LogP contribution in [0.4, 0.5) is 11.6 Å². The molecule has 3 spiro atoms. The molecule has 0 aliphatic carbocycles. The van der Waals surface area contributed by atoms with E-state index in [4.69, 9.17) is 38.4 Å². The fraction of sp³-hybridized carbons (Fsp3) is 0.114. The van der Waals surface area contributed by atoms with E-state index in [0.29, 0.717) is 136 Å². The second-order valence-electron chi connectivity index (χ2n) is 24.3. The van der Waals surface area contributed by atoms with Gasteiger partial charge >= 0.3 is 17.9 Å². The number of aromatic amines is 1. The number of H-pyrrole nitrogens is 1. The summed E-state index contributed by atoms with van der Waals surface area (Å²) >= 11 is 0. The Hall–Kier alpha value is -12.1. The molecule has 6 aliphatic heterocycles. The zero-order valence-corrected chi connectivity index (χ0v) is 50.3. The number of aromatic nitrogens is 3. The molecule has 0 bridgehead atoms. The minimum atomic E-state index is -1.75. The van der Waals surface area contributed by atoms with Gasteiger partial charge in [0, 0.05) is 84.9 Å². The van der Waals surface area contributed by atoms with Crippen molar-refractivity contribution in [3.05, 3.63) is 331 Å². The number of hydrogen-bond donors (Lipinski definition) is 3. The number of ether oxygens (including phenoxy) is 6. The molecule has 454 valence electrons. The van der Waals surface area contributed by atoms with Crippen LogP contribution in [0, 0.1) is 0 Å². The fourth-order valence-electron chi connectivity index (χ4n) is 15.6. The Morgan fingerprint density at radius 2 is 0.819 bits per heavy atom. The maximum absolute atomic E-state index is 16.3. The van der Waals surface area contributed by atoms with Crippen molar-refractivity contribution in [2.75, 3.05) is 11.9 Å². The number of nitrogens with one attached hydrogen (secondary N) is 3. The van der Waals surface area contributed by atoms with Crippen LogP contribution >= 0.6 is 0 Å². The van der Waals surface area contributed by atoms with Crippen LogP contribution < -0.4 is 24.8 Å². The third kappa shape index (κ3) is 7.54. The minimum absolute atomic E-state index is 0.0261. The fourth-order valence-corrected chi connectivity index (χ4v) is 15.6. The molecule has 94 heavy (non-hydrogen) atoms. The molecular weight excluding hydrogens is 1180 g/mol. The molecule has 0 fully saturated rings. The second kappa shape index (κ2) is 20.5. The highest BCUT2D eigenvalue weighted by molar-refractivity contribution is 6.05. The number of carbonyl (C=O) groups excluding carboxylic acids is 4. The van der Waals surface area contributed by atoms with E-state index in [1.807, 2.05) is 213 Å². The Labute approximate surface area is 537 Å². The molecule has 0 unspecified atom stereocenters. The van der Waals surface area contributed by atoms with Gasteiger partial charge in [0.25, 0.3) is 5.91 Å². The van der Waals surface area contributed by atoms with Crippen LogP contribution in [0.2, 0.25) is 0 Å². The summed E-state index contributed by atoms with van der Waals surface area (Å²) < 4.78 is 41.2. The molecule has 1 amide bonds. The largest absolute Gasteiger partial charge is 0.456 e. The number of fused-ring (bicyclic) bond motifs is 19. The van der Waals surface area contributed by atoms with Crippen molar-refractivity contribution in [1.82, 2.24) is 20.3 Å². The summed E-state index contributed by atoms with van der Waals surface area (Å²) in [6.45, 7) is 2.55. The van der Waals surface area contributed by atoms with Gasteiger partial charge in [-0.3, -0.25) is 4.79 Å². The monoisotopic (exact) mass is 1230 g/mol. The van der Waals surface area contributed by atoms with Crippen LogP contribution in [0.5, 0.6) is 34.5 Å². The van der Waals surface area contributed by atoms with E-state index in [-0.39, 0.29) is 41.4 Å².